The summed E-state index contributed by atoms with van der Waals surface area (Å²) in [5.74, 6) is 3.25. The molecule has 0 saturated heterocycles. The number of pyridine rings is 1. The normalized spacial score (nSPS) is 19.5. The zero-order chi connectivity index (χ0) is 25.1. The van der Waals surface area contributed by atoms with Gasteiger partial charge in [-0.15, -0.1) is 6.42 Å². The number of dihydropyridines is 1. The molecule has 0 bridgehead atoms. The highest BCUT2D eigenvalue weighted by Gasteiger charge is 2.40. The van der Waals surface area contributed by atoms with Crippen molar-refractivity contribution in [3.05, 3.63) is 70.2 Å². The van der Waals surface area contributed by atoms with Gasteiger partial charge in [0.05, 0.1) is 7.11 Å². The first-order valence-electron chi connectivity index (χ1n) is 11.6. The number of nitrogens with one attached hydrogen (secondary N) is 2. The second kappa shape index (κ2) is 10.1. The van der Waals surface area contributed by atoms with Gasteiger partial charge in [-0.3, -0.25) is 9.59 Å². The molecule has 1 aromatic heterocycles. The predicted molar refractivity (Wildman–Crippen MR) is 134 cm³/mol. The van der Waals surface area contributed by atoms with Crippen molar-refractivity contribution < 1.29 is 19.1 Å². The number of hydrogen-bond donors (Lipinski definition) is 2. The summed E-state index contributed by atoms with van der Waals surface area (Å²) in [5.41, 5.74) is 4.21. The Morgan fingerprint density at radius 1 is 1.23 bits per heavy atom. The highest BCUT2D eigenvalue weighted by molar-refractivity contribution is 6.09. The van der Waals surface area contributed by atoms with E-state index in [0.717, 1.165) is 23.4 Å². The molecule has 0 radical (unpaired) electrons. The van der Waals surface area contributed by atoms with Crippen molar-refractivity contribution >= 4 is 17.5 Å². The number of rotatable bonds is 6. The minimum atomic E-state index is -0.563. The van der Waals surface area contributed by atoms with Gasteiger partial charge in [0.2, 0.25) is 0 Å². The summed E-state index contributed by atoms with van der Waals surface area (Å²) in [6, 6.07) is 10.9. The van der Waals surface area contributed by atoms with Crippen molar-refractivity contribution in [2.45, 2.75) is 39.5 Å². The van der Waals surface area contributed by atoms with E-state index in [9.17, 15) is 9.59 Å². The van der Waals surface area contributed by atoms with Crippen LogP contribution in [0.1, 0.15) is 43.9 Å². The zero-order valence-corrected chi connectivity index (χ0v) is 20.4. The number of amides is 1. The molecule has 0 saturated carbocycles. The van der Waals surface area contributed by atoms with Crippen LogP contribution in [0.15, 0.2) is 58.9 Å². The lowest BCUT2D eigenvalue weighted by Crippen LogP contribution is -2.37. The van der Waals surface area contributed by atoms with Crippen LogP contribution in [0.3, 0.4) is 0 Å². The molecule has 0 unspecified atom stereocenters. The average Bonchev–Trinajstić information content (AvgIpc) is 2.81. The third-order valence-electron chi connectivity index (χ3n) is 6.24. The summed E-state index contributed by atoms with van der Waals surface area (Å²) in [6.07, 6.45) is 6.51. The van der Waals surface area contributed by atoms with E-state index >= 15 is 0 Å². The van der Waals surface area contributed by atoms with Crippen LogP contribution in [0.5, 0.6) is 11.5 Å². The smallest absolute Gasteiger partial charge is 0.255 e. The van der Waals surface area contributed by atoms with E-state index < -0.39 is 5.92 Å². The van der Waals surface area contributed by atoms with Crippen molar-refractivity contribution in [1.82, 2.24) is 10.3 Å². The SMILES string of the molecule is C#CCOc1ccc([C@@H]2C(C(=O)Nc3cccc(C)n3)=C(C)NC3=C2C(=O)C[C@@H](C)C3)cc1OC. The number of benzene rings is 1. The maximum absolute atomic E-state index is 13.6. The topological polar surface area (TPSA) is 89.5 Å². The van der Waals surface area contributed by atoms with Crippen LogP contribution in [0, 0.1) is 25.2 Å². The van der Waals surface area contributed by atoms with Crippen LogP contribution in [0.4, 0.5) is 5.82 Å². The summed E-state index contributed by atoms with van der Waals surface area (Å²) >= 11 is 0. The van der Waals surface area contributed by atoms with Gasteiger partial charge in [0, 0.05) is 40.6 Å². The molecule has 0 spiro atoms. The lowest BCUT2D eigenvalue weighted by molar-refractivity contribution is -0.117. The van der Waals surface area contributed by atoms with Crippen LogP contribution >= 0.6 is 0 Å². The highest BCUT2D eigenvalue weighted by atomic mass is 16.5. The molecular weight excluding hydrogens is 442 g/mol. The number of anilines is 1. The molecule has 7 heteroatoms. The zero-order valence-electron chi connectivity index (χ0n) is 20.4. The Kier molecular flexibility index (Phi) is 6.92. The number of aryl methyl sites for hydroxylation is 1. The van der Waals surface area contributed by atoms with Crippen LogP contribution in [0.25, 0.3) is 0 Å². The van der Waals surface area contributed by atoms with Gasteiger partial charge in [0.15, 0.2) is 17.3 Å². The van der Waals surface area contributed by atoms with E-state index in [4.69, 9.17) is 15.9 Å². The van der Waals surface area contributed by atoms with Gasteiger partial charge >= 0.3 is 0 Å². The Bertz CT molecular complexity index is 1290. The first-order valence-corrected chi connectivity index (χ1v) is 11.6. The number of carbonyl (C=O) groups excluding carboxylic acids is 2. The Hall–Kier alpha value is -4.05. The number of Topliss-reactive ketones (excluding diaryl/α,β-unsaturated/α-hetero) is 1. The lowest BCUT2D eigenvalue weighted by Gasteiger charge is -2.36. The van der Waals surface area contributed by atoms with Gasteiger partial charge in [0.25, 0.3) is 5.91 Å². The van der Waals surface area contributed by atoms with E-state index in [1.165, 1.54) is 0 Å². The van der Waals surface area contributed by atoms with E-state index in [2.05, 4.69) is 28.5 Å². The highest BCUT2D eigenvalue weighted by Crippen LogP contribution is 2.45. The van der Waals surface area contributed by atoms with Crippen molar-refractivity contribution in [2.75, 3.05) is 19.0 Å². The van der Waals surface area contributed by atoms with E-state index in [1.54, 1.807) is 19.2 Å². The maximum Gasteiger partial charge on any atom is 0.255 e. The van der Waals surface area contributed by atoms with Crippen LogP contribution < -0.4 is 20.1 Å². The number of aromatic nitrogens is 1. The molecule has 1 amide bonds. The summed E-state index contributed by atoms with van der Waals surface area (Å²) in [4.78, 5) is 31.3. The fraction of sp³-hybridized carbons (Fsp3) is 0.321. The molecule has 0 fully saturated rings. The fourth-order valence-corrected chi connectivity index (χ4v) is 4.77. The Balaban J connectivity index is 1.81. The van der Waals surface area contributed by atoms with E-state index in [0.29, 0.717) is 40.6 Å². The number of terminal acetylenes is 1. The van der Waals surface area contributed by atoms with Gasteiger partial charge in [-0.1, -0.05) is 25.0 Å². The molecule has 2 heterocycles. The molecule has 2 atom stereocenters. The number of hydrogen-bond acceptors (Lipinski definition) is 6. The molecule has 1 aromatic carbocycles. The Morgan fingerprint density at radius 3 is 2.74 bits per heavy atom. The molecule has 1 aliphatic heterocycles. The molecule has 7 nitrogen and oxygen atoms in total. The van der Waals surface area contributed by atoms with Gasteiger partial charge in [0.1, 0.15) is 12.4 Å². The minimum Gasteiger partial charge on any atom is -0.493 e. The molecule has 2 N–H and O–H groups in total. The summed E-state index contributed by atoms with van der Waals surface area (Å²) < 4.78 is 11.1. The quantitative estimate of drug-likeness (QED) is 0.612. The third kappa shape index (κ3) is 4.92. The van der Waals surface area contributed by atoms with Gasteiger partial charge in [-0.25, -0.2) is 4.98 Å². The molecule has 1 aliphatic carbocycles. The largest absolute Gasteiger partial charge is 0.493 e. The summed E-state index contributed by atoms with van der Waals surface area (Å²) in [7, 11) is 1.54. The first kappa shape index (κ1) is 24.1. The molecule has 2 aliphatic rings. The first-order chi connectivity index (χ1) is 16.8. The fourth-order valence-electron chi connectivity index (χ4n) is 4.77. The minimum absolute atomic E-state index is 0.0364. The van der Waals surface area contributed by atoms with Crippen molar-refractivity contribution in [1.29, 1.82) is 0 Å². The van der Waals surface area contributed by atoms with Gasteiger partial charge in [-0.2, -0.15) is 0 Å². The summed E-state index contributed by atoms with van der Waals surface area (Å²) in [6.45, 7) is 5.88. The molecule has 4 rings (SSSR count). The average molecular weight is 472 g/mol. The third-order valence-corrected chi connectivity index (χ3v) is 6.24. The Labute approximate surface area is 205 Å². The second-order valence-electron chi connectivity index (χ2n) is 8.95. The van der Waals surface area contributed by atoms with E-state index in [1.807, 2.05) is 38.1 Å². The van der Waals surface area contributed by atoms with Gasteiger partial charge in [-0.05, 0) is 56.0 Å². The number of allylic oxidation sites excluding steroid dienone is 3. The number of methoxy groups -OCH3 is 1. The standard InChI is InChI=1S/C28H29N3O4/c1-6-12-35-22-11-10-19(15-23(22)34-5)26-25(28(33)31-24-9-7-8-17(3)29-24)18(4)30-20-13-16(2)14-21(32)27(20)26/h1,7-11,15-16,26,30H,12-14H2,2-5H3,(H,29,31,33)/t16-,26+/m0/s1. The van der Waals surface area contributed by atoms with Crippen molar-refractivity contribution in [2.24, 2.45) is 5.92 Å². The molecule has 180 valence electrons. The number of carbonyl (C=O) groups is 2. The van der Waals surface area contributed by atoms with E-state index in [-0.39, 0.29) is 24.2 Å². The molecular formula is C28H29N3O4. The number of ether oxygens (including phenoxy) is 2. The second-order valence-corrected chi connectivity index (χ2v) is 8.95. The number of ketones is 1. The van der Waals surface area contributed by atoms with Crippen molar-refractivity contribution in [3.63, 3.8) is 0 Å². The van der Waals surface area contributed by atoms with Gasteiger partial charge < -0.3 is 20.1 Å². The molecule has 35 heavy (non-hydrogen) atoms. The van der Waals surface area contributed by atoms with Crippen LogP contribution in [0.2, 0.25) is 0 Å². The van der Waals surface area contributed by atoms with Crippen LogP contribution in [-0.2, 0) is 9.59 Å². The summed E-state index contributed by atoms with van der Waals surface area (Å²) in [5, 5.41) is 6.26. The lowest BCUT2D eigenvalue weighted by atomic mass is 9.73. The van der Waals surface area contributed by atoms with Crippen LogP contribution in [-0.4, -0.2) is 30.4 Å². The monoisotopic (exact) mass is 471 g/mol. The van der Waals surface area contributed by atoms with Crippen molar-refractivity contribution in [3.8, 4) is 23.8 Å². The molecule has 2 aromatic rings. The predicted octanol–water partition coefficient (Wildman–Crippen LogP) is 4.26. The maximum atomic E-state index is 13.6. The Morgan fingerprint density at radius 2 is 2.03 bits per heavy atom. The number of nitrogens with zero attached hydrogens (tertiary/aromatic N) is 1.